The van der Waals surface area contributed by atoms with Crippen molar-refractivity contribution in [3.8, 4) is 0 Å². The molecule has 3 rings (SSSR count). The van der Waals surface area contributed by atoms with Crippen LogP contribution < -0.4 is 10.6 Å². The van der Waals surface area contributed by atoms with Crippen molar-refractivity contribution in [2.24, 2.45) is 0 Å². The summed E-state index contributed by atoms with van der Waals surface area (Å²) in [5, 5.41) is 8.00. The largest absolute Gasteiger partial charge is 0.354 e. The molecule has 0 spiro atoms. The summed E-state index contributed by atoms with van der Waals surface area (Å²) in [6.07, 6.45) is 1.71. The van der Waals surface area contributed by atoms with Gasteiger partial charge in [0.25, 0.3) is 5.91 Å². The van der Waals surface area contributed by atoms with Gasteiger partial charge in [0.05, 0.1) is 16.8 Å². The second-order valence-electron chi connectivity index (χ2n) is 5.31. The fourth-order valence-corrected chi connectivity index (χ4v) is 2.86. The van der Waals surface area contributed by atoms with E-state index in [-0.39, 0.29) is 5.91 Å². The highest BCUT2D eigenvalue weighted by atomic mass is 32.1. The minimum absolute atomic E-state index is 0.136. The standard InChI is InChI=1S/C18H17N3OS/c1-12-5-7-15(13(2)10-12)20-14-6-8-17(19-11-14)21-18(22)16-4-3-9-23-16/h3-11,20H,1-2H3,(H,19,21,22). The van der Waals surface area contributed by atoms with Crippen LogP contribution in [0.3, 0.4) is 0 Å². The molecule has 0 atom stereocenters. The van der Waals surface area contributed by atoms with Crippen molar-refractivity contribution in [2.75, 3.05) is 10.6 Å². The number of pyridine rings is 1. The summed E-state index contributed by atoms with van der Waals surface area (Å²) in [6, 6.07) is 13.6. The van der Waals surface area contributed by atoms with Gasteiger partial charge in [-0.15, -0.1) is 11.3 Å². The molecular weight excluding hydrogens is 306 g/mol. The lowest BCUT2D eigenvalue weighted by molar-refractivity contribution is 0.103. The van der Waals surface area contributed by atoms with Crippen LogP contribution >= 0.6 is 11.3 Å². The summed E-state index contributed by atoms with van der Waals surface area (Å²) >= 11 is 1.41. The lowest BCUT2D eigenvalue weighted by Crippen LogP contribution is -2.11. The maximum atomic E-state index is 12.0. The lowest BCUT2D eigenvalue weighted by Gasteiger charge is -2.10. The molecule has 0 saturated carbocycles. The summed E-state index contributed by atoms with van der Waals surface area (Å²) in [5.41, 5.74) is 4.34. The number of carbonyl (C=O) groups excluding carboxylic acids is 1. The third-order valence-electron chi connectivity index (χ3n) is 3.41. The molecule has 5 heteroatoms. The fourth-order valence-electron chi connectivity index (χ4n) is 2.24. The number of thiophene rings is 1. The molecule has 0 bridgehead atoms. The van der Waals surface area contributed by atoms with Gasteiger partial charge in [-0.3, -0.25) is 4.79 Å². The summed E-state index contributed by atoms with van der Waals surface area (Å²) in [6.45, 7) is 4.14. The normalized spacial score (nSPS) is 10.3. The summed E-state index contributed by atoms with van der Waals surface area (Å²) < 4.78 is 0. The Morgan fingerprint density at radius 2 is 2.00 bits per heavy atom. The maximum absolute atomic E-state index is 12.0. The molecule has 2 aromatic heterocycles. The van der Waals surface area contributed by atoms with Crippen molar-refractivity contribution >= 4 is 34.4 Å². The van der Waals surface area contributed by atoms with E-state index < -0.39 is 0 Å². The van der Waals surface area contributed by atoms with Gasteiger partial charge in [-0.2, -0.15) is 0 Å². The van der Waals surface area contributed by atoms with Gasteiger partial charge < -0.3 is 10.6 Å². The van der Waals surface area contributed by atoms with Gasteiger partial charge in [-0.05, 0) is 49.1 Å². The zero-order valence-corrected chi connectivity index (χ0v) is 13.8. The second kappa shape index (κ2) is 6.62. The SMILES string of the molecule is Cc1ccc(Nc2ccc(NC(=O)c3cccs3)nc2)c(C)c1. The highest BCUT2D eigenvalue weighted by molar-refractivity contribution is 7.12. The van der Waals surface area contributed by atoms with Crippen LogP contribution in [0.1, 0.15) is 20.8 Å². The van der Waals surface area contributed by atoms with Crippen molar-refractivity contribution in [3.63, 3.8) is 0 Å². The number of anilines is 3. The number of amides is 1. The molecule has 1 aromatic carbocycles. The monoisotopic (exact) mass is 323 g/mol. The van der Waals surface area contributed by atoms with Gasteiger partial charge in [0, 0.05) is 5.69 Å². The van der Waals surface area contributed by atoms with Gasteiger partial charge in [0.1, 0.15) is 5.82 Å². The third kappa shape index (κ3) is 3.76. The van der Waals surface area contributed by atoms with E-state index in [9.17, 15) is 4.79 Å². The van der Waals surface area contributed by atoms with Crippen molar-refractivity contribution < 1.29 is 4.79 Å². The van der Waals surface area contributed by atoms with Crippen LogP contribution in [0.4, 0.5) is 17.2 Å². The van der Waals surface area contributed by atoms with Gasteiger partial charge in [0.2, 0.25) is 0 Å². The third-order valence-corrected chi connectivity index (χ3v) is 4.28. The Balaban J connectivity index is 1.68. The highest BCUT2D eigenvalue weighted by Crippen LogP contribution is 2.22. The molecule has 1 amide bonds. The number of carbonyl (C=O) groups is 1. The van der Waals surface area contributed by atoms with Gasteiger partial charge in [-0.1, -0.05) is 23.8 Å². The fraction of sp³-hybridized carbons (Fsp3) is 0.111. The first kappa shape index (κ1) is 15.2. The van der Waals surface area contributed by atoms with Crippen molar-refractivity contribution in [3.05, 3.63) is 70.0 Å². The van der Waals surface area contributed by atoms with Crippen molar-refractivity contribution in [1.29, 1.82) is 0 Å². The zero-order chi connectivity index (χ0) is 16.2. The molecule has 0 radical (unpaired) electrons. The van der Waals surface area contributed by atoms with Crippen LogP contribution in [0.15, 0.2) is 54.0 Å². The Morgan fingerprint density at radius 1 is 1.13 bits per heavy atom. The molecule has 2 heterocycles. The number of hydrogen-bond donors (Lipinski definition) is 2. The first-order valence-corrected chi connectivity index (χ1v) is 8.15. The van der Waals surface area contributed by atoms with Crippen molar-refractivity contribution in [2.45, 2.75) is 13.8 Å². The number of rotatable bonds is 4. The number of aromatic nitrogens is 1. The molecule has 4 nitrogen and oxygen atoms in total. The molecule has 2 N–H and O–H groups in total. The van der Waals surface area contributed by atoms with Gasteiger partial charge >= 0.3 is 0 Å². The van der Waals surface area contributed by atoms with E-state index in [1.807, 2.05) is 17.5 Å². The quantitative estimate of drug-likeness (QED) is 0.728. The minimum Gasteiger partial charge on any atom is -0.354 e. The zero-order valence-electron chi connectivity index (χ0n) is 13.0. The predicted octanol–water partition coefficient (Wildman–Crippen LogP) is 4.76. The van der Waals surface area contributed by atoms with E-state index >= 15 is 0 Å². The molecule has 23 heavy (non-hydrogen) atoms. The molecule has 0 aliphatic carbocycles. The first-order chi connectivity index (χ1) is 11.1. The maximum Gasteiger partial charge on any atom is 0.266 e. The van der Waals surface area contributed by atoms with E-state index in [2.05, 4.69) is 47.7 Å². The van der Waals surface area contributed by atoms with Crippen LogP contribution in [0.2, 0.25) is 0 Å². The Kier molecular flexibility index (Phi) is 4.39. The smallest absolute Gasteiger partial charge is 0.266 e. The number of hydrogen-bond acceptors (Lipinski definition) is 4. The number of benzene rings is 1. The van der Waals surface area contributed by atoms with E-state index in [0.717, 1.165) is 11.4 Å². The predicted molar refractivity (Wildman–Crippen MR) is 95.7 cm³/mol. The molecule has 116 valence electrons. The molecule has 0 aliphatic heterocycles. The number of nitrogens with zero attached hydrogens (tertiary/aromatic N) is 1. The number of aryl methyl sites for hydroxylation is 2. The van der Waals surface area contributed by atoms with Crippen LogP contribution in [0.5, 0.6) is 0 Å². The summed E-state index contributed by atoms with van der Waals surface area (Å²) in [5.74, 6) is 0.400. The average Bonchev–Trinajstić information content (AvgIpc) is 3.06. The Bertz CT molecular complexity index is 811. The average molecular weight is 323 g/mol. The van der Waals surface area contributed by atoms with Crippen LogP contribution in [0, 0.1) is 13.8 Å². The van der Waals surface area contributed by atoms with E-state index in [1.54, 1.807) is 18.3 Å². The Hall–Kier alpha value is -2.66. The Morgan fingerprint density at radius 3 is 2.65 bits per heavy atom. The molecule has 0 unspecified atom stereocenters. The molecule has 0 fully saturated rings. The lowest BCUT2D eigenvalue weighted by atomic mass is 10.1. The van der Waals surface area contributed by atoms with Crippen LogP contribution in [-0.4, -0.2) is 10.9 Å². The van der Waals surface area contributed by atoms with E-state index in [0.29, 0.717) is 10.7 Å². The number of nitrogens with one attached hydrogen (secondary N) is 2. The van der Waals surface area contributed by atoms with E-state index in [1.165, 1.54) is 22.5 Å². The van der Waals surface area contributed by atoms with Gasteiger partial charge in [0.15, 0.2) is 0 Å². The highest BCUT2D eigenvalue weighted by Gasteiger charge is 2.07. The molecule has 0 saturated heterocycles. The first-order valence-electron chi connectivity index (χ1n) is 7.27. The molecular formula is C18H17N3OS. The molecule has 3 aromatic rings. The second-order valence-corrected chi connectivity index (χ2v) is 6.25. The summed E-state index contributed by atoms with van der Waals surface area (Å²) in [7, 11) is 0. The minimum atomic E-state index is -0.136. The Labute approximate surface area is 139 Å². The van der Waals surface area contributed by atoms with Crippen LogP contribution in [-0.2, 0) is 0 Å². The van der Waals surface area contributed by atoms with E-state index in [4.69, 9.17) is 0 Å². The van der Waals surface area contributed by atoms with Crippen LogP contribution in [0.25, 0.3) is 0 Å². The molecule has 0 aliphatic rings. The van der Waals surface area contributed by atoms with Crippen molar-refractivity contribution in [1.82, 2.24) is 4.98 Å². The summed E-state index contributed by atoms with van der Waals surface area (Å²) in [4.78, 5) is 16.9. The van der Waals surface area contributed by atoms with Gasteiger partial charge in [-0.25, -0.2) is 4.98 Å². The topological polar surface area (TPSA) is 54.0 Å².